The molecule has 0 spiro atoms. The second kappa shape index (κ2) is 37.7. The number of carbonyl (C=O) groups is 2. The Morgan fingerprint density at radius 1 is 0.571 bits per heavy atom. The second-order valence-electron chi connectivity index (χ2n) is 15.0. The molecule has 10 heteroatoms. The monoisotopic (exact) mass is 804 g/mol. The summed E-state index contributed by atoms with van der Waals surface area (Å²) in [6.45, 7) is 3.97. The van der Waals surface area contributed by atoms with Crippen molar-refractivity contribution < 1.29 is 42.1 Å². The van der Waals surface area contributed by atoms with Gasteiger partial charge in [-0.15, -0.1) is 0 Å². The van der Waals surface area contributed by atoms with Gasteiger partial charge in [0.15, 0.2) is 6.10 Å². The number of unbranched alkanes of at least 4 members (excludes halogenated alkanes) is 9. The lowest BCUT2D eigenvalue weighted by atomic mass is 10.1. The Kier molecular flexibility index (Phi) is 35.9. The van der Waals surface area contributed by atoms with E-state index in [0.717, 1.165) is 70.6 Å². The van der Waals surface area contributed by atoms with E-state index in [9.17, 15) is 19.0 Å². The SMILES string of the molecule is CC/C=C\C/C=C\C/C=C\C/C=C\C/C=C\CCCC(=O)OC(COC(=O)CCCCCCC/C=C\C/C=C\CCCCC)COP(=O)([O-])OCC[N+](C)(C)C. The first-order chi connectivity index (χ1) is 27.0. The first kappa shape index (κ1) is 53.2. The number of quaternary nitrogens is 1. The molecule has 0 radical (unpaired) electrons. The smallest absolute Gasteiger partial charge is 0.306 e. The number of likely N-dealkylation sites (N-methyl/N-ethyl adjacent to an activating group) is 1. The van der Waals surface area contributed by atoms with Crippen molar-refractivity contribution in [2.24, 2.45) is 0 Å². The van der Waals surface area contributed by atoms with Crippen molar-refractivity contribution in [3.05, 3.63) is 85.1 Å². The molecule has 320 valence electrons. The maximum atomic E-state index is 12.6. The van der Waals surface area contributed by atoms with E-state index in [0.29, 0.717) is 30.3 Å². The molecule has 0 rings (SSSR count). The van der Waals surface area contributed by atoms with Gasteiger partial charge < -0.3 is 27.9 Å². The largest absolute Gasteiger partial charge is 0.756 e. The van der Waals surface area contributed by atoms with Crippen molar-refractivity contribution in [3.8, 4) is 0 Å². The van der Waals surface area contributed by atoms with E-state index in [1.54, 1.807) is 0 Å². The quantitative estimate of drug-likeness (QED) is 0.0201. The summed E-state index contributed by atoms with van der Waals surface area (Å²) in [7, 11) is 1.10. The third-order valence-corrected chi connectivity index (χ3v) is 9.36. The number of phosphoric acid groups is 1. The number of hydrogen-bond donors (Lipinski definition) is 0. The van der Waals surface area contributed by atoms with Gasteiger partial charge in [-0.25, -0.2) is 0 Å². The molecule has 0 amide bonds. The number of hydrogen-bond acceptors (Lipinski definition) is 8. The van der Waals surface area contributed by atoms with Gasteiger partial charge in [0.2, 0.25) is 0 Å². The molecule has 0 aromatic carbocycles. The Hall–Kier alpha value is -2.81. The summed E-state index contributed by atoms with van der Waals surface area (Å²) < 4.78 is 33.8. The molecule has 0 aliphatic rings. The molecule has 0 heterocycles. The lowest BCUT2D eigenvalue weighted by Crippen LogP contribution is -2.37. The Morgan fingerprint density at radius 2 is 1.04 bits per heavy atom. The number of phosphoric ester groups is 1. The lowest BCUT2D eigenvalue weighted by Gasteiger charge is -2.28. The molecular formula is C46H78NO8P. The molecule has 2 atom stereocenters. The first-order valence-electron chi connectivity index (χ1n) is 21.3. The van der Waals surface area contributed by atoms with Crippen LogP contribution in [0.4, 0.5) is 0 Å². The van der Waals surface area contributed by atoms with Gasteiger partial charge in [-0.3, -0.25) is 14.2 Å². The third kappa shape index (κ3) is 40.8. The van der Waals surface area contributed by atoms with Crippen LogP contribution in [0, 0.1) is 0 Å². The second-order valence-corrected chi connectivity index (χ2v) is 16.4. The summed E-state index contributed by atoms with van der Waals surface area (Å²) in [5.41, 5.74) is 0. The maximum Gasteiger partial charge on any atom is 0.306 e. The van der Waals surface area contributed by atoms with Crippen molar-refractivity contribution >= 4 is 19.8 Å². The van der Waals surface area contributed by atoms with Gasteiger partial charge in [0.1, 0.15) is 19.8 Å². The van der Waals surface area contributed by atoms with Crippen LogP contribution in [0.2, 0.25) is 0 Å². The van der Waals surface area contributed by atoms with Crippen LogP contribution in [0.3, 0.4) is 0 Å². The minimum atomic E-state index is -4.65. The van der Waals surface area contributed by atoms with Crippen molar-refractivity contribution in [2.45, 2.75) is 148 Å². The van der Waals surface area contributed by atoms with E-state index in [4.69, 9.17) is 18.5 Å². The molecule has 0 N–H and O–H groups in total. The highest BCUT2D eigenvalue weighted by Crippen LogP contribution is 2.38. The summed E-state index contributed by atoms with van der Waals surface area (Å²) in [4.78, 5) is 37.5. The van der Waals surface area contributed by atoms with Crippen molar-refractivity contribution in [3.63, 3.8) is 0 Å². The van der Waals surface area contributed by atoms with Crippen LogP contribution in [0.15, 0.2) is 85.1 Å². The molecule has 2 unspecified atom stereocenters. The van der Waals surface area contributed by atoms with Crippen LogP contribution in [0.1, 0.15) is 142 Å². The molecule has 0 fully saturated rings. The summed E-state index contributed by atoms with van der Waals surface area (Å²) in [6.07, 6.45) is 47.6. The molecule has 0 aliphatic carbocycles. The molecule has 0 saturated carbocycles. The predicted octanol–water partition coefficient (Wildman–Crippen LogP) is 11.4. The molecule has 0 aromatic heterocycles. The predicted molar refractivity (Wildman–Crippen MR) is 231 cm³/mol. The van der Waals surface area contributed by atoms with E-state index >= 15 is 0 Å². The zero-order chi connectivity index (χ0) is 41.4. The minimum absolute atomic E-state index is 0.0485. The summed E-state index contributed by atoms with van der Waals surface area (Å²) >= 11 is 0. The van der Waals surface area contributed by atoms with Crippen molar-refractivity contribution in [1.82, 2.24) is 0 Å². The number of rotatable bonds is 37. The van der Waals surface area contributed by atoms with Crippen LogP contribution in [-0.2, 0) is 32.7 Å². The average Bonchev–Trinajstić information content (AvgIpc) is 3.15. The molecule has 0 aromatic rings. The normalized spacial score (nSPS) is 14.5. The fourth-order valence-electron chi connectivity index (χ4n) is 5.07. The molecule has 0 bridgehead atoms. The van der Waals surface area contributed by atoms with Crippen LogP contribution in [0.5, 0.6) is 0 Å². The van der Waals surface area contributed by atoms with E-state index < -0.39 is 32.5 Å². The zero-order valence-electron chi connectivity index (χ0n) is 35.8. The molecule has 56 heavy (non-hydrogen) atoms. The first-order valence-corrected chi connectivity index (χ1v) is 22.8. The summed E-state index contributed by atoms with van der Waals surface area (Å²) in [5, 5.41) is 0. The number of nitrogens with zero attached hydrogens (tertiary/aromatic N) is 1. The Balaban J connectivity index is 4.53. The highest BCUT2D eigenvalue weighted by molar-refractivity contribution is 7.45. The molecule has 0 saturated heterocycles. The Morgan fingerprint density at radius 3 is 1.57 bits per heavy atom. The Labute approximate surface area is 341 Å². The number of esters is 2. The van der Waals surface area contributed by atoms with E-state index in [2.05, 4.69) is 92.8 Å². The van der Waals surface area contributed by atoms with E-state index in [1.807, 2.05) is 27.2 Å². The van der Waals surface area contributed by atoms with Crippen molar-refractivity contribution in [2.75, 3.05) is 47.5 Å². The van der Waals surface area contributed by atoms with Crippen LogP contribution < -0.4 is 4.89 Å². The van der Waals surface area contributed by atoms with E-state index in [-0.39, 0.29) is 26.1 Å². The molecule has 0 aliphatic heterocycles. The fourth-order valence-corrected chi connectivity index (χ4v) is 5.80. The van der Waals surface area contributed by atoms with Crippen LogP contribution in [0.25, 0.3) is 0 Å². The van der Waals surface area contributed by atoms with Gasteiger partial charge in [-0.1, -0.05) is 131 Å². The lowest BCUT2D eigenvalue weighted by molar-refractivity contribution is -0.870. The van der Waals surface area contributed by atoms with Crippen molar-refractivity contribution in [1.29, 1.82) is 0 Å². The van der Waals surface area contributed by atoms with E-state index in [1.165, 1.54) is 25.7 Å². The van der Waals surface area contributed by atoms with Gasteiger partial charge in [0, 0.05) is 12.8 Å². The number of allylic oxidation sites excluding steroid dienone is 14. The van der Waals surface area contributed by atoms with Gasteiger partial charge in [-0.05, 0) is 83.5 Å². The molecular weight excluding hydrogens is 725 g/mol. The number of carbonyl (C=O) groups excluding carboxylic acids is 2. The Bertz CT molecular complexity index is 1230. The van der Waals surface area contributed by atoms with Gasteiger partial charge in [-0.2, -0.15) is 0 Å². The van der Waals surface area contributed by atoms with Gasteiger partial charge in [0.25, 0.3) is 7.82 Å². The number of ether oxygens (including phenoxy) is 2. The highest BCUT2D eigenvalue weighted by atomic mass is 31.2. The summed E-state index contributed by atoms with van der Waals surface area (Å²) in [6, 6.07) is 0. The standard InChI is InChI=1S/C46H78NO8P/c1-6-8-10-12-14-16-18-20-22-23-25-27-29-31-33-35-37-39-46(49)55-44(43-54-56(50,51)53-41-40-47(3,4)5)42-52-45(48)38-36-34-32-30-28-26-24-21-19-17-15-13-11-9-7-2/h8,10,14-17,20-22,24-25,27,31,33,44H,6-7,9,11-13,18-19,23,26,28-30,32,34-43H2,1-5H3/b10-8-,16-14-,17-15-,22-20-,24-21-,27-25-,33-31-. The fraction of sp³-hybridized carbons (Fsp3) is 0.652. The van der Waals surface area contributed by atoms with Gasteiger partial charge >= 0.3 is 11.9 Å². The van der Waals surface area contributed by atoms with Crippen LogP contribution >= 0.6 is 7.82 Å². The summed E-state index contributed by atoms with van der Waals surface area (Å²) in [5.74, 6) is -0.929. The van der Waals surface area contributed by atoms with Gasteiger partial charge in [0.05, 0.1) is 27.7 Å². The topological polar surface area (TPSA) is 111 Å². The van der Waals surface area contributed by atoms with Crippen LogP contribution in [-0.4, -0.2) is 70.0 Å². The third-order valence-electron chi connectivity index (χ3n) is 8.40. The highest BCUT2D eigenvalue weighted by Gasteiger charge is 2.21. The average molecular weight is 804 g/mol. The minimum Gasteiger partial charge on any atom is -0.756 e. The maximum absolute atomic E-state index is 12.6. The zero-order valence-corrected chi connectivity index (χ0v) is 36.7. The molecule has 9 nitrogen and oxygen atoms in total.